The van der Waals surface area contributed by atoms with Gasteiger partial charge in [-0.15, -0.1) is 0 Å². The van der Waals surface area contributed by atoms with Crippen molar-refractivity contribution in [3.05, 3.63) is 29.6 Å². The van der Waals surface area contributed by atoms with E-state index in [2.05, 4.69) is 4.98 Å². The summed E-state index contributed by atoms with van der Waals surface area (Å²) in [4.78, 5) is 4.28. The lowest BCUT2D eigenvalue weighted by Crippen LogP contribution is -2.47. The third-order valence-corrected chi connectivity index (χ3v) is 6.41. The molecule has 1 N–H and O–H groups in total. The minimum atomic E-state index is -0.815. The molecule has 0 spiro atoms. The Bertz CT molecular complexity index is 455. The van der Waals surface area contributed by atoms with Gasteiger partial charge in [-0.1, -0.05) is 12.5 Å². The lowest BCUT2D eigenvalue weighted by atomic mass is 9.81. The minimum Gasteiger partial charge on any atom is -0.385 e. The van der Waals surface area contributed by atoms with E-state index in [1.807, 2.05) is 19.1 Å². The second-order valence-electron chi connectivity index (χ2n) is 5.63. The van der Waals surface area contributed by atoms with Crippen LogP contribution in [-0.2, 0) is 16.4 Å². The van der Waals surface area contributed by atoms with E-state index in [-0.39, 0.29) is 10.5 Å². The number of aromatic nitrogens is 1. The Morgan fingerprint density at radius 1 is 1.33 bits per heavy atom. The van der Waals surface area contributed by atoms with Crippen LogP contribution in [0, 0.1) is 6.92 Å². The van der Waals surface area contributed by atoms with Crippen molar-refractivity contribution in [1.29, 1.82) is 0 Å². The van der Waals surface area contributed by atoms with Crippen molar-refractivity contribution in [3.8, 4) is 0 Å². The van der Waals surface area contributed by atoms with Crippen molar-refractivity contribution in [2.45, 2.75) is 55.1 Å². The molecule has 0 aromatic carbocycles. The van der Waals surface area contributed by atoms with Gasteiger partial charge >= 0.3 is 0 Å². The van der Waals surface area contributed by atoms with Gasteiger partial charge in [0.2, 0.25) is 0 Å². The summed E-state index contributed by atoms with van der Waals surface area (Å²) in [7, 11) is -0.741. The van der Waals surface area contributed by atoms with Gasteiger partial charge in [0.1, 0.15) is 0 Å². The first-order chi connectivity index (χ1) is 8.58. The van der Waals surface area contributed by atoms with Gasteiger partial charge in [0.15, 0.2) is 0 Å². The molecule has 2 atom stereocenters. The predicted octanol–water partition coefficient (Wildman–Crippen LogP) is 2.04. The van der Waals surface area contributed by atoms with Crippen LogP contribution in [0.15, 0.2) is 18.3 Å². The van der Waals surface area contributed by atoms with E-state index in [0.29, 0.717) is 12.8 Å². The zero-order chi connectivity index (χ0) is 12.8. The van der Waals surface area contributed by atoms with E-state index >= 15 is 0 Å². The van der Waals surface area contributed by atoms with E-state index in [1.54, 1.807) is 6.20 Å². The molecule has 0 amide bonds. The highest BCUT2D eigenvalue weighted by Crippen LogP contribution is 2.44. The first-order valence-electron chi connectivity index (χ1n) is 6.63. The molecule has 3 heterocycles. The van der Waals surface area contributed by atoms with Crippen molar-refractivity contribution >= 4 is 10.8 Å². The van der Waals surface area contributed by atoms with Gasteiger partial charge < -0.3 is 5.11 Å². The van der Waals surface area contributed by atoms with Crippen LogP contribution in [0.25, 0.3) is 0 Å². The molecule has 2 unspecified atom stereocenters. The molecular formula is C14H19NO2S. The van der Waals surface area contributed by atoms with E-state index in [9.17, 15) is 9.32 Å². The summed E-state index contributed by atoms with van der Waals surface area (Å²) >= 11 is 0. The van der Waals surface area contributed by atoms with Crippen LogP contribution in [0.4, 0.5) is 0 Å². The molecule has 0 radical (unpaired) electrons. The number of aryl methyl sites for hydroxylation is 1. The zero-order valence-corrected chi connectivity index (χ0v) is 11.4. The smallest absolute Gasteiger partial charge is 0.0934 e. The third kappa shape index (κ3) is 2.01. The second-order valence-corrected chi connectivity index (χ2v) is 7.62. The first-order valence-corrected chi connectivity index (χ1v) is 7.91. The maximum Gasteiger partial charge on any atom is 0.0934 e. The lowest BCUT2D eigenvalue weighted by molar-refractivity contribution is 0.00622. The van der Waals surface area contributed by atoms with Crippen molar-refractivity contribution in [2.75, 3.05) is 0 Å². The first kappa shape index (κ1) is 12.3. The average molecular weight is 265 g/mol. The molecule has 2 bridgehead atoms. The Labute approximate surface area is 110 Å². The standard InChI is InChI=1S/C14H19NO2S/c1-10-5-6-11(9-15-10)14(16)7-12-3-2-4-13(8-14)18(12)17/h5-6,9,12-13,16H,2-4,7-8H2,1H3. The molecule has 2 fully saturated rings. The molecule has 0 aliphatic carbocycles. The summed E-state index contributed by atoms with van der Waals surface area (Å²) in [5.74, 6) is 0. The highest BCUT2D eigenvalue weighted by Gasteiger charge is 2.46. The van der Waals surface area contributed by atoms with Crippen LogP contribution in [0.1, 0.15) is 43.4 Å². The van der Waals surface area contributed by atoms with Crippen LogP contribution >= 0.6 is 0 Å². The topological polar surface area (TPSA) is 50.2 Å². The van der Waals surface area contributed by atoms with Crippen LogP contribution < -0.4 is 0 Å². The average Bonchev–Trinajstić information content (AvgIpc) is 2.32. The fraction of sp³-hybridized carbons (Fsp3) is 0.643. The lowest BCUT2D eigenvalue weighted by Gasteiger charge is -2.43. The Morgan fingerprint density at radius 2 is 2.00 bits per heavy atom. The quantitative estimate of drug-likeness (QED) is 0.845. The summed E-state index contributed by atoms with van der Waals surface area (Å²) in [6, 6.07) is 3.90. The van der Waals surface area contributed by atoms with Gasteiger partial charge in [-0.25, -0.2) is 0 Å². The fourth-order valence-electron chi connectivity index (χ4n) is 3.26. The Morgan fingerprint density at radius 3 is 2.56 bits per heavy atom. The molecule has 2 saturated heterocycles. The van der Waals surface area contributed by atoms with Crippen molar-refractivity contribution < 1.29 is 9.32 Å². The number of hydrogen-bond donors (Lipinski definition) is 1. The Balaban J connectivity index is 1.91. The van der Waals surface area contributed by atoms with Gasteiger partial charge in [0.05, 0.1) is 5.60 Å². The van der Waals surface area contributed by atoms with Crippen LogP contribution in [0.3, 0.4) is 0 Å². The molecule has 3 rings (SSSR count). The molecule has 1 aromatic rings. The second kappa shape index (κ2) is 4.42. The summed E-state index contributed by atoms with van der Waals surface area (Å²) in [5.41, 5.74) is 1.04. The van der Waals surface area contributed by atoms with E-state index in [4.69, 9.17) is 0 Å². The highest BCUT2D eigenvalue weighted by atomic mass is 32.2. The fourth-order valence-corrected chi connectivity index (χ4v) is 5.48. The molecule has 1 aromatic heterocycles. The van der Waals surface area contributed by atoms with E-state index in [0.717, 1.165) is 30.5 Å². The van der Waals surface area contributed by atoms with Crippen LogP contribution in [-0.4, -0.2) is 24.8 Å². The maximum absolute atomic E-state index is 12.2. The third-order valence-electron chi connectivity index (χ3n) is 4.29. The molecule has 18 heavy (non-hydrogen) atoms. The molecule has 2 aliphatic rings. The van der Waals surface area contributed by atoms with Crippen molar-refractivity contribution in [2.24, 2.45) is 0 Å². The highest BCUT2D eigenvalue weighted by molar-refractivity contribution is 7.86. The number of hydrogen-bond acceptors (Lipinski definition) is 3. The summed E-state index contributed by atoms with van der Waals surface area (Å²) < 4.78 is 12.2. The van der Waals surface area contributed by atoms with Gasteiger partial charge in [-0.2, -0.15) is 0 Å². The molecule has 4 heteroatoms. The number of aliphatic hydroxyl groups is 1. The molecule has 2 aliphatic heterocycles. The van der Waals surface area contributed by atoms with E-state index in [1.165, 1.54) is 0 Å². The minimum absolute atomic E-state index is 0.170. The molecular weight excluding hydrogens is 246 g/mol. The van der Waals surface area contributed by atoms with Gasteiger partial charge in [0.25, 0.3) is 0 Å². The summed E-state index contributed by atoms with van der Waals surface area (Å²) in [5, 5.41) is 11.2. The number of fused-ring (bicyclic) bond motifs is 2. The van der Waals surface area contributed by atoms with E-state index < -0.39 is 16.4 Å². The number of rotatable bonds is 1. The monoisotopic (exact) mass is 265 g/mol. The molecule has 3 nitrogen and oxygen atoms in total. The van der Waals surface area contributed by atoms with Crippen LogP contribution in [0.5, 0.6) is 0 Å². The summed E-state index contributed by atoms with van der Waals surface area (Å²) in [6.07, 6.45) is 6.17. The van der Waals surface area contributed by atoms with Gasteiger partial charge in [0, 0.05) is 38.8 Å². The number of pyridine rings is 1. The van der Waals surface area contributed by atoms with Crippen molar-refractivity contribution in [3.63, 3.8) is 0 Å². The largest absolute Gasteiger partial charge is 0.385 e. The number of nitrogens with zero attached hydrogens (tertiary/aromatic N) is 1. The van der Waals surface area contributed by atoms with Crippen LogP contribution in [0.2, 0.25) is 0 Å². The summed E-state index contributed by atoms with van der Waals surface area (Å²) in [6.45, 7) is 1.94. The zero-order valence-electron chi connectivity index (χ0n) is 10.6. The van der Waals surface area contributed by atoms with Gasteiger partial charge in [-0.3, -0.25) is 9.19 Å². The SMILES string of the molecule is Cc1ccc(C2(O)CC3CCCC(C2)S3=O)cn1. The predicted molar refractivity (Wildman–Crippen MR) is 71.7 cm³/mol. The Kier molecular flexibility index (Phi) is 3.02. The molecule has 0 saturated carbocycles. The van der Waals surface area contributed by atoms with Gasteiger partial charge in [-0.05, 0) is 38.7 Å². The maximum atomic E-state index is 12.2. The normalized spacial score (nSPS) is 39.6. The van der Waals surface area contributed by atoms with Crippen molar-refractivity contribution in [1.82, 2.24) is 4.98 Å². The Hall–Kier alpha value is -0.740. The molecule has 98 valence electrons.